The fraction of sp³-hybridized carbons (Fsp3) is 0.237. The average molecular weight is 709 g/mol. The summed E-state index contributed by atoms with van der Waals surface area (Å²) in [4.78, 5) is 25.4. The summed E-state index contributed by atoms with van der Waals surface area (Å²) < 4.78 is 64.7. The number of fused-ring (bicyclic) bond motifs is 6. The number of aryl methyl sites for hydroxylation is 1. The van der Waals surface area contributed by atoms with E-state index >= 15 is 4.39 Å². The predicted octanol–water partition coefficient (Wildman–Crippen LogP) is 6.86. The molecule has 8 rings (SSSR count). The molecule has 1 atom stereocenters. The molecule has 0 bridgehead atoms. The van der Waals surface area contributed by atoms with Crippen LogP contribution in [0.2, 0.25) is 0 Å². The molecule has 5 heterocycles. The van der Waals surface area contributed by atoms with E-state index in [1.807, 2.05) is 46.6 Å². The number of nitrogens with one attached hydrogen (secondary N) is 1. The lowest BCUT2D eigenvalue weighted by molar-refractivity contribution is 0.0964. The summed E-state index contributed by atoms with van der Waals surface area (Å²) in [6, 6.07) is 21.0. The number of benzene rings is 3. The number of hydrogen-bond donors (Lipinski definition) is 1. The molecule has 260 valence electrons. The monoisotopic (exact) mass is 708 g/mol. The smallest absolute Gasteiger partial charge is 0.255 e. The maximum Gasteiger partial charge on any atom is 0.255 e. The zero-order chi connectivity index (χ0) is 35.8. The van der Waals surface area contributed by atoms with Gasteiger partial charge in [-0.1, -0.05) is 35.9 Å². The topological polar surface area (TPSA) is 113 Å². The van der Waals surface area contributed by atoms with E-state index in [9.17, 15) is 17.6 Å². The first kappa shape index (κ1) is 32.8. The van der Waals surface area contributed by atoms with Gasteiger partial charge in [0.2, 0.25) is 10.0 Å². The van der Waals surface area contributed by atoms with Gasteiger partial charge in [-0.15, -0.1) is 0 Å². The van der Waals surface area contributed by atoms with Gasteiger partial charge < -0.3 is 9.73 Å². The van der Waals surface area contributed by atoms with Crippen LogP contribution < -0.4 is 9.62 Å². The van der Waals surface area contributed by atoms with E-state index in [0.29, 0.717) is 98.4 Å². The van der Waals surface area contributed by atoms with Crippen molar-refractivity contribution in [2.75, 3.05) is 37.7 Å². The Balaban J connectivity index is 1.39. The third-order valence-electron chi connectivity index (χ3n) is 9.68. The van der Waals surface area contributed by atoms with E-state index < -0.39 is 22.0 Å². The maximum absolute atomic E-state index is 15.2. The average Bonchev–Trinajstić information content (AvgIpc) is 3.82. The number of likely N-dealkylation sites (tertiary alicyclic amines) is 1. The van der Waals surface area contributed by atoms with Gasteiger partial charge in [-0.3, -0.25) is 18.4 Å². The minimum absolute atomic E-state index is 0.284. The largest absolute Gasteiger partial charge is 0.455 e. The van der Waals surface area contributed by atoms with Crippen LogP contribution in [0.3, 0.4) is 0 Å². The molecule has 0 aliphatic carbocycles. The highest BCUT2D eigenvalue weighted by molar-refractivity contribution is 7.92. The van der Waals surface area contributed by atoms with Crippen LogP contribution in [-0.2, 0) is 16.6 Å². The van der Waals surface area contributed by atoms with Crippen molar-refractivity contribution in [2.24, 2.45) is 0 Å². The second-order valence-corrected chi connectivity index (χ2v) is 15.1. The minimum Gasteiger partial charge on any atom is -0.455 e. The quantitative estimate of drug-likeness (QED) is 0.193. The molecule has 1 fully saturated rings. The molecular formula is C38H34F2N6O4S. The van der Waals surface area contributed by atoms with Gasteiger partial charge in [-0.05, 0) is 49.7 Å². The highest BCUT2D eigenvalue weighted by atomic mass is 32.2. The second kappa shape index (κ2) is 12.1. The summed E-state index contributed by atoms with van der Waals surface area (Å²) in [6.07, 6.45) is 0.640. The number of halogens is 2. The number of amides is 1. The maximum atomic E-state index is 15.2. The molecule has 0 unspecified atom stereocenters. The van der Waals surface area contributed by atoms with Gasteiger partial charge in [-0.25, -0.2) is 27.2 Å². The zero-order valence-corrected chi connectivity index (χ0v) is 29.2. The first-order valence-corrected chi connectivity index (χ1v) is 18.4. The number of nitrogens with zero attached hydrogens (tertiary/aromatic N) is 5. The second-order valence-electron chi connectivity index (χ2n) is 13.1. The standard InChI is InChI=1S/C38H34F2N6O4S/c1-21-8-10-22(11-9-21)37-35(38(47)41-2)26-16-25(31(18-33(26)50-37)44(3)51(4,48)49)28-12-13-29-36(43-28)32-17-24-27(40)6-5-7-30(24)46(32)34(42-29)20-45-15-14-23(39)19-45/h5-13,16-18,23H,14-15,19-20H2,1-4H3,(H,41,47)/t23-/m0/s1. The van der Waals surface area contributed by atoms with Crippen molar-refractivity contribution in [3.8, 4) is 22.6 Å². The van der Waals surface area contributed by atoms with Gasteiger partial charge in [-0.2, -0.15) is 0 Å². The van der Waals surface area contributed by atoms with Gasteiger partial charge in [0, 0.05) is 55.2 Å². The number of carbonyl (C=O) groups excluding carboxylic acids is 1. The van der Waals surface area contributed by atoms with E-state index in [1.54, 1.807) is 36.4 Å². The van der Waals surface area contributed by atoms with Crippen molar-refractivity contribution in [2.45, 2.75) is 26.1 Å². The Hall–Kier alpha value is -5.40. The molecule has 1 aliphatic rings. The number of rotatable bonds is 7. The number of pyridine rings is 1. The van der Waals surface area contributed by atoms with Gasteiger partial charge in [0.05, 0.1) is 46.3 Å². The van der Waals surface area contributed by atoms with E-state index in [1.165, 1.54) is 20.2 Å². The highest BCUT2D eigenvalue weighted by Gasteiger charge is 2.28. The van der Waals surface area contributed by atoms with E-state index in [4.69, 9.17) is 14.4 Å². The third kappa shape index (κ3) is 5.56. The summed E-state index contributed by atoms with van der Waals surface area (Å²) in [5.74, 6) is 0.199. The molecule has 1 N–H and O–H groups in total. The van der Waals surface area contributed by atoms with E-state index in [2.05, 4.69) is 5.32 Å². The van der Waals surface area contributed by atoms with Crippen molar-refractivity contribution >= 4 is 60.0 Å². The fourth-order valence-electron chi connectivity index (χ4n) is 6.99. The molecule has 4 aromatic heterocycles. The first-order chi connectivity index (χ1) is 24.4. The Kier molecular flexibility index (Phi) is 7.80. The fourth-order valence-corrected chi connectivity index (χ4v) is 7.50. The Morgan fingerprint density at radius 2 is 1.82 bits per heavy atom. The summed E-state index contributed by atoms with van der Waals surface area (Å²) in [5.41, 5.74) is 5.66. The summed E-state index contributed by atoms with van der Waals surface area (Å²) in [6.45, 7) is 3.21. The molecule has 1 aliphatic heterocycles. The lowest BCUT2D eigenvalue weighted by atomic mass is 10.00. The number of sulfonamides is 1. The normalized spacial score (nSPS) is 15.5. The number of hydrogen-bond acceptors (Lipinski definition) is 7. The first-order valence-electron chi connectivity index (χ1n) is 16.5. The summed E-state index contributed by atoms with van der Waals surface area (Å²) >= 11 is 0. The molecule has 13 heteroatoms. The van der Waals surface area contributed by atoms with Gasteiger partial charge in [0.15, 0.2) is 0 Å². The summed E-state index contributed by atoms with van der Waals surface area (Å²) in [5, 5.41) is 3.57. The van der Waals surface area contributed by atoms with Gasteiger partial charge in [0.1, 0.15) is 34.7 Å². The van der Waals surface area contributed by atoms with Gasteiger partial charge >= 0.3 is 0 Å². The Bertz CT molecular complexity index is 2650. The lowest BCUT2D eigenvalue weighted by Crippen LogP contribution is -2.25. The van der Waals surface area contributed by atoms with Crippen LogP contribution >= 0.6 is 0 Å². The number of carbonyl (C=O) groups is 1. The van der Waals surface area contributed by atoms with Crippen LogP contribution in [0.5, 0.6) is 0 Å². The SMILES string of the molecule is CNC(=O)c1c(-c2ccc(C)cc2)oc2cc(N(C)S(C)(=O)=O)c(-c3ccc4nc(CN5CC[C@H](F)C5)n5c6cccc(F)c6cc5c4n3)cc12. The third-order valence-corrected chi connectivity index (χ3v) is 10.9. The zero-order valence-electron chi connectivity index (χ0n) is 28.4. The molecule has 0 saturated carbocycles. The van der Waals surface area contributed by atoms with E-state index in [0.717, 1.165) is 16.1 Å². The van der Waals surface area contributed by atoms with Gasteiger partial charge in [0.25, 0.3) is 5.91 Å². The molecule has 1 amide bonds. The van der Waals surface area contributed by atoms with Crippen molar-refractivity contribution in [1.29, 1.82) is 0 Å². The van der Waals surface area contributed by atoms with E-state index in [-0.39, 0.29) is 11.6 Å². The molecule has 1 saturated heterocycles. The Morgan fingerprint density at radius 3 is 2.53 bits per heavy atom. The molecule has 0 radical (unpaired) electrons. The summed E-state index contributed by atoms with van der Waals surface area (Å²) in [7, 11) is -0.782. The molecule has 0 spiro atoms. The predicted molar refractivity (Wildman–Crippen MR) is 195 cm³/mol. The molecule has 51 heavy (non-hydrogen) atoms. The van der Waals surface area contributed by atoms with Crippen LogP contribution in [-0.4, -0.2) is 73.2 Å². The van der Waals surface area contributed by atoms with Crippen LogP contribution in [0.25, 0.3) is 61.0 Å². The Labute approximate surface area is 292 Å². The van der Waals surface area contributed by atoms with Crippen molar-refractivity contribution in [1.82, 2.24) is 24.6 Å². The van der Waals surface area contributed by atoms with Crippen molar-refractivity contribution in [3.63, 3.8) is 0 Å². The molecule has 10 nitrogen and oxygen atoms in total. The highest BCUT2D eigenvalue weighted by Crippen LogP contribution is 2.41. The minimum atomic E-state index is -3.76. The number of aromatic nitrogens is 3. The van der Waals surface area contributed by atoms with Crippen LogP contribution in [0, 0.1) is 12.7 Å². The van der Waals surface area contributed by atoms with Crippen molar-refractivity contribution < 1.29 is 26.4 Å². The molecule has 7 aromatic rings. The number of alkyl halides is 1. The number of furan rings is 1. The molecule has 3 aromatic carbocycles. The van der Waals surface area contributed by atoms with Crippen molar-refractivity contribution in [3.05, 3.63) is 95.6 Å². The lowest BCUT2D eigenvalue weighted by Gasteiger charge is -2.21. The van der Waals surface area contributed by atoms with Crippen LogP contribution in [0.1, 0.15) is 28.2 Å². The molecular weight excluding hydrogens is 675 g/mol. The number of anilines is 1. The van der Waals surface area contributed by atoms with Crippen LogP contribution in [0.4, 0.5) is 14.5 Å². The Morgan fingerprint density at radius 1 is 1.04 bits per heavy atom. The van der Waals surface area contributed by atoms with Crippen LogP contribution in [0.15, 0.2) is 77.2 Å².